The molecule has 1 aromatic carbocycles. The van der Waals surface area contributed by atoms with Crippen LogP contribution in [0.2, 0.25) is 0 Å². The van der Waals surface area contributed by atoms with Crippen LogP contribution in [0, 0.1) is 6.92 Å². The van der Waals surface area contributed by atoms with Gasteiger partial charge in [0.25, 0.3) is 0 Å². The molecule has 21 heavy (non-hydrogen) atoms. The van der Waals surface area contributed by atoms with E-state index in [2.05, 4.69) is 26.9 Å². The van der Waals surface area contributed by atoms with Gasteiger partial charge in [-0.05, 0) is 24.3 Å². The summed E-state index contributed by atoms with van der Waals surface area (Å²) in [6, 6.07) is 8.27. The Kier molecular flexibility index (Phi) is 4.10. The van der Waals surface area contributed by atoms with E-state index in [1.807, 2.05) is 19.1 Å². The standard InChI is InChI=1S/C16H21N3O2/c1-13-17-14(12-21-13)11-18-7-9-19(10-8-18)15-3-5-16(20-2)6-4-15/h3-6,12H,7-11H2,1-2H3. The molecule has 2 heterocycles. The summed E-state index contributed by atoms with van der Waals surface area (Å²) in [6.45, 7) is 6.89. The molecule has 1 saturated heterocycles. The molecule has 0 radical (unpaired) electrons. The lowest BCUT2D eigenvalue weighted by Gasteiger charge is -2.35. The zero-order valence-electron chi connectivity index (χ0n) is 12.6. The van der Waals surface area contributed by atoms with Crippen molar-refractivity contribution in [3.05, 3.63) is 42.1 Å². The van der Waals surface area contributed by atoms with E-state index < -0.39 is 0 Å². The number of oxazole rings is 1. The molecule has 0 unspecified atom stereocenters. The molecular weight excluding hydrogens is 266 g/mol. The molecule has 1 aliphatic heterocycles. The Morgan fingerprint density at radius 1 is 1.14 bits per heavy atom. The van der Waals surface area contributed by atoms with Gasteiger partial charge in [-0.25, -0.2) is 4.98 Å². The van der Waals surface area contributed by atoms with E-state index in [0.29, 0.717) is 0 Å². The third-order valence-corrected chi connectivity index (χ3v) is 3.86. The van der Waals surface area contributed by atoms with Crippen LogP contribution in [0.25, 0.3) is 0 Å². The predicted molar refractivity (Wildman–Crippen MR) is 81.7 cm³/mol. The van der Waals surface area contributed by atoms with Gasteiger partial charge < -0.3 is 14.1 Å². The van der Waals surface area contributed by atoms with Crippen LogP contribution in [0.3, 0.4) is 0 Å². The lowest BCUT2D eigenvalue weighted by molar-refractivity contribution is 0.247. The predicted octanol–water partition coefficient (Wildman–Crippen LogP) is 2.31. The highest BCUT2D eigenvalue weighted by atomic mass is 16.5. The summed E-state index contributed by atoms with van der Waals surface area (Å²) < 4.78 is 10.5. The fourth-order valence-corrected chi connectivity index (χ4v) is 2.67. The van der Waals surface area contributed by atoms with Crippen LogP contribution in [-0.4, -0.2) is 43.2 Å². The number of rotatable bonds is 4. The average molecular weight is 287 g/mol. The highest BCUT2D eigenvalue weighted by Crippen LogP contribution is 2.20. The molecule has 2 aromatic rings. The largest absolute Gasteiger partial charge is 0.497 e. The van der Waals surface area contributed by atoms with Gasteiger partial charge in [0, 0.05) is 45.3 Å². The lowest BCUT2D eigenvalue weighted by Crippen LogP contribution is -2.46. The Hall–Kier alpha value is -2.01. The van der Waals surface area contributed by atoms with Crippen LogP contribution in [0.5, 0.6) is 5.75 Å². The summed E-state index contributed by atoms with van der Waals surface area (Å²) in [5.41, 5.74) is 2.28. The SMILES string of the molecule is COc1ccc(N2CCN(Cc3coc(C)n3)CC2)cc1. The molecular formula is C16H21N3O2. The number of aryl methyl sites for hydroxylation is 1. The van der Waals surface area contributed by atoms with Gasteiger partial charge in [-0.15, -0.1) is 0 Å². The second-order valence-corrected chi connectivity index (χ2v) is 5.32. The van der Waals surface area contributed by atoms with Crippen LogP contribution in [0.4, 0.5) is 5.69 Å². The molecule has 1 aromatic heterocycles. The summed E-state index contributed by atoms with van der Waals surface area (Å²) in [4.78, 5) is 9.19. The van der Waals surface area contributed by atoms with Crippen molar-refractivity contribution < 1.29 is 9.15 Å². The Labute approximate surface area is 125 Å². The zero-order chi connectivity index (χ0) is 14.7. The highest BCUT2D eigenvalue weighted by Gasteiger charge is 2.18. The fourth-order valence-electron chi connectivity index (χ4n) is 2.67. The Balaban J connectivity index is 1.54. The second kappa shape index (κ2) is 6.18. The summed E-state index contributed by atoms with van der Waals surface area (Å²) >= 11 is 0. The molecule has 5 nitrogen and oxygen atoms in total. The monoisotopic (exact) mass is 287 g/mol. The van der Waals surface area contributed by atoms with Gasteiger partial charge in [0.2, 0.25) is 0 Å². The topological polar surface area (TPSA) is 41.7 Å². The smallest absolute Gasteiger partial charge is 0.191 e. The highest BCUT2D eigenvalue weighted by molar-refractivity contribution is 5.49. The third kappa shape index (κ3) is 3.36. The van der Waals surface area contributed by atoms with Gasteiger partial charge >= 0.3 is 0 Å². The van der Waals surface area contributed by atoms with Gasteiger partial charge in [0.05, 0.1) is 12.8 Å². The number of hydrogen-bond donors (Lipinski definition) is 0. The van der Waals surface area contributed by atoms with Crippen molar-refractivity contribution in [3.63, 3.8) is 0 Å². The Morgan fingerprint density at radius 3 is 2.43 bits per heavy atom. The molecule has 112 valence electrons. The molecule has 5 heteroatoms. The lowest BCUT2D eigenvalue weighted by atomic mass is 10.2. The number of anilines is 1. The second-order valence-electron chi connectivity index (χ2n) is 5.32. The van der Waals surface area contributed by atoms with Crippen molar-refractivity contribution in [2.45, 2.75) is 13.5 Å². The first-order chi connectivity index (χ1) is 10.2. The van der Waals surface area contributed by atoms with Crippen molar-refractivity contribution in [1.82, 2.24) is 9.88 Å². The van der Waals surface area contributed by atoms with E-state index in [0.717, 1.165) is 50.1 Å². The maximum absolute atomic E-state index is 5.26. The molecule has 1 fully saturated rings. The summed E-state index contributed by atoms with van der Waals surface area (Å²) in [5.74, 6) is 1.64. The van der Waals surface area contributed by atoms with Crippen molar-refractivity contribution in [1.29, 1.82) is 0 Å². The first kappa shape index (κ1) is 13.9. The average Bonchev–Trinajstić information content (AvgIpc) is 2.93. The maximum atomic E-state index is 5.26. The molecule has 1 aliphatic rings. The minimum absolute atomic E-state index is 0.738. The molecule has 0 N–H and O–H groups in total. The third-order valence-electron chi connectivity index (χ3n) is 3.86. The number of benzene rings is 1. The minimum Gasteiger partial charge on any atom is -0.497 e. The molecule has 0 aliphatic carbocycles. The van der Waals surface area contributed by atoms with Crippen LogP contribution < -0.4 is 9.64 Å². The van der Waals surface area contributed by atoms with E-state index in [4.69, 9.17) is 9.15 Å². The van der Waals surface area contributed by atoms with E-state index in [-0.39, 0.29) is 0 Å². The van der Waals surface area contributed by atoms with Crippen molar-refractivity contribution in [3.8, 4) is 5.75 Å². The summed E-state index contributed by atoms with van der Waals surface area (Å²) in [7, 11) is 1.69. The first-order valence-electron chi connectivity index (χ1n) is 7.27. The molecule has 0 bridgehead atoms. The zero-order valence-corrected chi connectivity index (χ0v) is 12.6. The van der Waals surface area contributed by atoms with E-state index >= 15 is 0 Å². The van der Waals surface area contributed by atoms with Crippen LogP contribution in [-0.2, 0) is 6.54 Å². The fraction of sp³-hybridized carbons (Fsp3) is 0.438. The molecule has 0 amide bonds. The van der Waals surface area contributed by atoms with Gasteiger partial charge in [-0.3, -0.25) is 4.90 Å². The number of nitrogens with zero attached hydrogens (tertiary/aromatic N) is 3. The van der Waals surface area contributed by atoms with E-state index in [9.17, 15) is 0 Å². The number of hydrogen-bond acceptors (Lipinski definition) is 5. The van der Waals surface area contributed by atoms with Crippen LogP contribution >= 0.6 is 0 Å². The number of piperazine rings is 1. The quantitative estimate of drug-likeness (QED) is 0.863. The van der Waals surface area contributed by atoms with Gasteiger partial charge in [0.1, 0.15) is 12.0 Å². The Morgan fingerprint density at radius 2 is 1.86 bits per heavy atom. The summed E-state index contributed by atoms with van der Waals surface area (Å²) in [6.07, 6.45) is 1.76. The van der Waals surface area contributed by atoms with Crippen molar-refractivity contribution in [2.75, 3.05) is 38.2 Å². The number of aromatic nitrogens is 1. The number of ether oxygens (including phenoxy) is 1. The maximum Gasteiger partial charge on any atom is 0.191 e. The molecule has 3 rings (SSSR count). The molecule has 0 saturated carbocycles. The van der Waals surface area contributed by atoms with Gasteiger partial charge in [-0.1, -0.05) is 0 Å². The van der Waals surface area contributed by atoms with Crippen LogP contribution in [0.15, 0.2) is 34.9 Å². The molecule has 0 spiro atoms. The van der Waals surface area contributed by atoms with E-state index in [1.165, 1.54) is 5.69 Å². The minimum atomic E-state index is 0.738. The van der Waals surface area contributed by atoms with E-state index in [1.54, 1.807) is 13.4 Å². The summed E-state index contributed by atoms with van der Waals surface area (Å²) in [5, 5.41) is 0. The first-order valence-corrected chi connectivity index (χ1v) is 7.27. The normalized spacial score (nSPS) is 16.2. The van der Waals surface area contributed by atoms with Crippen molar-refractivity contribution in [2.24, 2.45) is 0 Å². The molecule has 0 atom stereocenters. The van der Waals surface area contributed by atoms with Crippen molar-refractivity contribution >= 4 is 5.69 Å². The van der Waals surface area contributed by atoms with Gasteiger partial charge in [0.15, 0.2) is 5.89 Å². The van der Waals surface area contributed by atoms with Gasteiger partial charge in [-0.2, -0.15) is 0 Å². The van der Waals surface area contributed by atoms with Crippen LogP contribution in [0.1, 0.15) is 11.6 Å². The Bertz CT molecular complexity index is 571. The number of methoxy groups -OCH3 is 1.